The lowest BCUT2D eigenvalue weighted by atomic mass is 10.0. The molecule has 3 N–H and O–H groups in total. The van der Waals surface area contributed by atoms with Gasteiger partial charge in [0.2, 0.25) is 0 Å². The molecule has 1 aromatic rings. The maximum Gasteiger partial charge on any atom is 0.133 e. The molecule has 0 saturated heterocycles. The van der Waals surface area contributed by atoms with Crippen LogP contribution < -0.4 is 5.73 Å². The van der Waals surface area contributed by atoms with E-state index in [0.29, 0.717) is 11.1 Å². The van der Waals surface area contributed by atoms with Gasteiger partial charge in [-0.2, -0.15) is 0 Å². The average molecular weight is 278 g/mol. The maximum absolute atomic E-state index is 13.8. The molecule has 0 aliphatic heterocycles. The number of rotatable bonds is 4. The zero-order valence-electron chi connectivity index (χ0n) is 8.34. The summed E-state index contributed by atoms with van der Waals surface area (Å²) in [6, 6.07) is 2.49. The van der Waals surface area contributed by atoms with Gasteiger partial charge in [-0.3, -0.25) is 0 Å². The number of methoxy groups -OCH3 is 1. The third-order valence-electron chi connectivity index (χ3n) is 2.04. The topological polar surface area (TPSA) is 55.5 Å². The molecule has 1 aromatic carbocycles. The lowest BCUT2D eigenvalue weighted by Crippen LogP contribution is -2.17. The molecule has 15 heavy (non-hydrogen) atoms. The minimum absolute atomic E-state index is 0.177. The van der Waals surface area contributed by atoms with Crippen LogP contribution in [0.25, 0.3) is 0 Å². The first-order valence-corrected chi connectivity index (χ1v) is 5.22. The van der Waals surface area contributed by atoms with Crippen molar-refractivity contribution < 1.29 is 14.2 Å². The lowest BCUT2D eigenvalue weighted by Gasteiger charge is -2.13. The van der Waals surface area contributed by atoms with E-state index in [-0.39, 0.29) is 13.2 Å². The van der Waals surface area contributed by atoms with Crippen molar-refractivity contribution in [1.29, 1.82) is 0 Å². The second-order valence-corrected chi connectivity index (χ2v) is 4.11. The Morgan fingerprint density at radius 2 is 2.27 bits per heavy atom. The molecule has 1 atom stereocenters. The molecule has 0 radical (unpaired) electrons. The number of benzene rings is 1. The van der Waals surface area contributed by atoms with Gasteiger partial charge in [-0.25, -0.2) is 4.39 Å². The molecule has 0 amide bonds. The number of aliphatic hydroxyl groups is 1. The second-order valence-electron chi connectivity index (χ2n) is 3.19. The van der Waals surface area contributed by atoms with Crippen molar-refractivity contribution in [2.24, 2.45) is 5.73 Å². The van der Waals surface area contributed by atoms with E-state index in [9.17, 15) is 4.39 Å². The van der Waals surface area contributed by atoms with Crippen LogP contribution >= 0.6 is 15.9 Å². The summed E-state index contributed by atoms with van der Waals surface area (Å²) in [5.74, 6) is -0.415. The van der Waals surface area contributed by atoms with Gasteiger partial charge >= 0.3 is 0 Å². The van der Waals surface area contributed by atoms with Crippen molar-refractivity contribution in [3.05, 3.63) is 33.5 Å². The zero-order chi connectivity index (χ0) is 11.4. The number of halogens is 2. The highest BCUT2D eigenvalue weighted by Gasteiger charge is 2.15. The van der Waals surface area contributed by atoms with Gasteiger partial charge in [0.15, 0.2) is 0 Å². The Kier molecular flexibility index (Phi) is 4.66. The van der Waals surface area contributed by atoms with Gasteiger partial charge in [0.05, 0.1) is 19.3 Å². The molecule has 0 aliphatic rings. The number of ether oxygens (including phenoxy) is 1. The summed E-state index contributed by atoms with van der Waals surface area (Å²) in [7, 11) is 1.49. The molecule has 0 aromatic heterocycles. The molecule has 1 rings (SSSR count). The molecule has 0 aliphatic carbocycles. The number of aliphatic hydroxyl groups excluding tert-OH is 1. The van der Waals surface area contributed by atoms with E-state index < -0.39 is 11.9 Å². The fourth-order valence-corrected chi connectivity index (χ4v) is 1.82. The molecule has 0 heterocycles. The highest BCUT2D eigenvalue weighted by molar-refractivity contribution is 9.10. The van der Waals surface area contributed by atoms with Gasteiger partial charge in [0.1, 0.15) is 5.82 Å². The molecule has 5 heteroatoms. The average Bonchev–Trinajstić information content (AvgIpc) is 2.22. The van der Waals surface area contributed by atoms with Crippen molar-refractivity contribution >= 4 is 15.9 Å². The van der Waals surface area contributed by atoms with Crippen LogP contribution in [0.4, 0.5) is 4.39 Å². The molecule has 3 nitrogen and oxygen atoms in total. The minimum Gasteiger partial charge on any atom is -0.394 e. The minimum atomic E-state index is -0.710. The van der Waals surface area contributed by atoms with E-state index in [0.717, 1.165) is 4.47 Å². The van der Waals surface area contributed by atoms with Crippen LogP contribution in [0, 0.1) is 5.82 Å². The second kappa shape index (κ2) is 5.55. The zero-order valence-corrected chi connectivity index (χ0v) is 9.92. The molecular formula is C10H13BrFNO2. The monoisotopic (exact) mass is 277 g/mol. The van der Waals surface area contributed by atoms with Gasteiger partial charge < -0.3 is 15.6 Å². The molecule has 0 spiro atoms. The fourth-order valence-electron chi connectivity index (χ4n) is 1.30. The Hall–Kier alpha value is -0.490. The third-order valence-corrected chi connectivity index (χ3v) is 2.49. The Balaban J connectivity index is 3.15. The summed E-state index contributed by atoms with van der Waals surface area (Å²) >= 11 is 3.26. The van der Waals surface area contributed by atoms with Crippen molar-refractivity contribution in [3.8, 4) is 0 Å². The number of nitrogens with two attached hydrogens (primary N) is 1. The van der Waals surface area contributed by atoms with Crippen LogP contribution in [0.1, 0.15) is 17.2 Å². The molecule has 0 saturated carbocycles. The van der Waals surface area contributed by atoms with Crippen molar-refractivity contribution in [3.63, 3.8) is 0 Å². The Bertz CT molecular complexity index is 346. The summed E-state index contributed by atoms with van der Waals surface area (Å²) in [5, 5.41) is 8.89. The summed E-state index contributed by atoms with van der Waals surface area (Å²) < 4.78 is 19.4. The first-order chi connectivity index (χ1) is 7.10. The third kappa shape index (κ3) is 2.98. The van der Waals surface area contributed by atoms with Crippen LogP contribution in [0.3, 0.4) is 0 Å². The predicted octanol–water partition coefficient (Wildman–Crippen LogP) is 1.73. The van der Waals surface area contributed by atoms with E-state index in [4.69, 9.17) is 15.6 Å². The van der Waals surface area contributed by atoms with Gasteiger partial charge in [-0.1, -0.05) is 15.9 Å². The SMILES string of the molecule is COCc1cc(Br)cc(C(N)CO)c1F. The quantitative estimate of drug-likeness (QED) is 0.881. The van der Waals surface area contributed by atoms with Gasteiger partial charge in [-0.15, -0.1) is 0 Å². The maximum atomic E-state index is 13.8. The van der Waals surface area contributed by atoms with Gasteiger partial charge in [0.25, 0.3) is 0 Å². The number of hydrogen-bond acceptors (Lipinski definition) is 3. The summed E-state index contributed by atoms with van der Waals surface area (Å²) in [6.45, 7) is -0.115. The van der Waals surface area contributed by atoms with Crippen LogP contribution in [0.5, 0.6) is 0 Å². The smallest absolute Gasteiger partial charge is 0.133 e. The van der Waals surface area contributed by atoms with Gasteiger partial charge in [-0.05, 0) is 12.1 Å². The molecule has 0 fully saturated rings. The van der Waals surface area contributed by atoms with Crippen molar-refractivity contribution in [2.75, 3.05) is 13.7 Å². The van der Waals surface area contributed by atoms with E-state index in [1.807, 2.05) is 0 Å². The Labute approximate surface area is 96.2 Å². The first-order valence-electron chi connectivity index (χ1n) is 4.43. The Morgan fingerprint density at radius 3 is 2.80 bits per heavy atom. The van der Waals surface area contributed by atoms with E-state index >= 15 is 0 Å². The highest BCUT2D eigenvalue weighted by atomic mass is 79.9. The number of hydrogen-bond donors (Lipinski definition) is 2. The Morgan fingerprint density at radius 1 is 1.60 bits per heavy atom. The van der Waals surface area contributed by atoms with Crippen LogP contribution in [-0.2, 0) is 11.3 Å². The van der Waals surface area contributed by atoms with E-state index in [2.05, 4.69) is 15.9 Å². The highest BCUT2D eigenvalue weighted by Crippen LogP contribution is 2.24. The molecule has 1 unspecified atom stereocenters. The normalized spacial score (nSPS) is 12.9. The van der Waals surface area contributed by atoms with E-state index in [1.54, 1.807) is 12.1 Å². The van der Waals surface area contributed by atoms with E-state index in [1.165, 1.54) is 7.11 Å². The van der Waals surface area contributed by atoms with Crippen LogP contribution in [-0.4, -0.2) is 18.8 Å². The summed E-state index contributed by atoms with van der Waals surface area (Å²) in [5.41, 5.74) is 6.29. The molecule has 84 valence electrons. The molecular weight excluding hydrogens is 265 g/mol. The van der Waals surface area contributed by atoms with Crippen LogP contribution in [0.15, 0.2) is 16.6 Å². The van der Waals surface area contributed by atoms with Crippen LogP contribution in [0.2, 0.25) is 0 Å². The van der Waals surface area contributed by atoms with Crippen molar-refractivity contribution in [1.82, 2.24) is 0 Å². The first kappa shape index (κ1) is 12.6. The standard InChI is InChI=1S/C10H13BrFNO2/c1-15-5-6-2-7(11)3-8(10(6)12)9(13)4-14/h2-3,9,14H,4-5,13H2,1H3. The summed E-state index contributed by atoms with van der Waals surface area (Å²) in [6.07, 6.45) is 0. The fraction of sp³-hybridized carbons (Fsp3) is 0.400. The van der Waals surface area contributed by atoms with Crippen molar-refractivity contribution in [2.45, 2.75) is 12.6 Å². The largest absolute Gasteiger partial charge is 0.394 e. The lowest BCUT2D eigenvalue weighted by molar-refractivity contribution is 0.181. The van der Waals surface area contributed by atoms with Gasteiger partial charge in [0, 0.05) is 22.7 Å². The summed E-state index contributed by atoms with van der Waals surface area (Å²) in [4.78, 5) is 0. The predicted molar refractivity (Wildman–Crippen MR) is 58.8 cm³/mol. The molecule has 0 bridgehead atoms.